The summed E-state index contributed by atoms with van der Waals surface area (Å²) in [5, 5.41) is 12.1. The molecule has 1 aliphatic heterocycles. The van der Waals surface area contributed by atoms with Gasteiger partial charge in [-0.3, -0.25) is 4.79 Å². The van der Waals surface area contributed by atoms with Gasteiger partial charge < -0.3 is 20.2 Å². The summed E-state index contributed by atoms with van der Waals surface area (Å²) in [4.78, 5) is 27.7. The van der Waals surface area contributed by atoms with Crippen LogP contribution < -0.4 is 10.2 Å². The fraction of sp³-hybridized carbons (Fsp3) is 0.500. The Morgan fingerprint density at radius 1 is 1.18 bits per heavy atom. The van der Waals surface area contributed by atoms with E-state index in [0.717, 1.165) is 31.9 Å². The second-order valence-corrected chi connectivity index (χ2v) is 5.97. The average Bonchev–Trinajstić information content (AvgIpc) is 2.48. The molecule has 0 aromatic heterocycles. The van der Waals surface area contributed by atoms with Crippen LogP contribution in [-0.4, -0.2) is 55.1 Å². The van der Waals surface area contributed by atoms with E-state index in [2.05, 4.69) is 22.2 Å². The summed E-state index contributed by atoms with van der Waals surface area (Å²) in [5.41, 5.74) is 1.36. The molecule has 1 aliphatic rings. The Hall–Kier alpha value is -2.08. The molecule has 6 heteroatoms. The van der Waals surface area contributed by atoms with E-state index >= 15 is 0 Å². The SMILES string of the molecule is CC(C)C(=O)Nc1ccc(N2CCN(C)CC2)cc1C(=O)O. The molecule has 1 fully saturated rings. The van der Waals surface area contributed by atoms with Gasteiger partial charge in [-0.05, 0) is 25.2 Å². The number of likely N-dealkylation sites (N-methyl/N-ethyl adjacent to an activating group) is 1. The minimum Gasteiger partial charge on any atom is -0.478 e. The topological polar surface area (TPSA) is 72.9 Å². The zero-order chi connectivity index (χ0) is 16.3. The van der Waals surface area contributed by atoms with Crippen molar-refractivity contribution in [2.24, 2.45) is 5.92 Å². The minimum atomic E-state index is -1.03. The van der Waals surface area contributed by atoms with Crippen LogP contribution in [0.25, 0.3) is 0 Å². The second-order valence-electron chi connectivity index (χ2n) is 5.97. The first-order valence-corrected chi connectivity index (χ1v) is 7.50. The van der Waals surface area contributed by atoms with Gasteiger partial charge in [0.15, 0.2) is 0 Å². The number of carboxylic acid groups (broad SMARTS) is 1. The third-order valence-corrected chi connectivity index (χ3v) is 3.88. The maximum atomic E-state index is 11.8. The molecule has 1 aromatic rings. The number of carboxylic acids is 1. The van der Waals surface area contributed by atoms with Crippen molar-refractivity contribution in [1.29, 1.82) is 0 Å². The van der Waals surface area contributed by atoms with Gasteiger partial charge in [-0.1, -0.05) is 13.8 Å². The van der Waals surface area contributed by atoms with E-state index in [1.807, 2.05) is 6.07 Å². The summed E-state index contributed by atoms with van der Waals surface area (Å²) in [7, 11) is 2.07. The predicted molar refractivity (Wildman–Crippen MR) is 86.6 cm³/mol. The van der Waals surface area contributed by atoms with Crippen LogP contribution in [0.1, 0.15) is 24.2 Å². The number of piperazine rings is 1. The van der Waals surface area contributed by atoms with Gasteiger partial charge in [0.2, 0.25) is 5.91 Å². The van der Waals surface area contributed by atoms with E-state index in [1.165, 1.54) is 0 Å². The van der Waals surface area contributed by atoms with Crippen molar-refractivity contribution in [2.45, 2.75) is 13.8 Å². The number of anilines is 2. The highest BCUT2D eigenvalue weighted by atomic mass is 16.4. The van der Waals surface area contributed by atoms with Crippen LogP contribution in [0.5, 0.6) is 0 Å². The Bertz CT molecular complexity index is 564. The molecule has 0 spiro atoms. The first kappa shape index (κ1) is 16.3. The van der Waals surface area contributed by atoms with Gasteiger partial charge in [-0.2, -0.15) is 0 Å². The molecule has 1 heterocycles. The normalized spacial score (nSPS) is 15.9. The highest BCUT2D eigenvalue weighted by Gasteiger charge is 2.19. The lowest BCUT2D eigenvalue weighted by atomic mass is 10.1. The van der Waals surface area contributed by atoms with Crippen LogP contribution in [0.2, 0.25) is 0 Å². The average molecular weight is 305 g/mol. The highest BCUT2D eigenvalue weighted by Crippen LogP contribution is 2.25. The number of nitrogens with zero attached hydrogens (tertiary/aromatic N) is 2. The number of rotatable bonds is 4. The van der Waals surface area contributed by atoms with Gasteiger partial charge in [0, 0.05) is 37.8 Å². The van der Waals surface area contributed by atoms with Crippen molar-refractivity contribution in [3.8, 4) is 0 Å². The number of aromatic carboxylic acids is 1. The largest absolute Gasteiger partial charge is 0.478 e. The molecular formula is C16H23N3O3. The second kappa shape index (κ2) is 6.79. The quantitative estimate of drug-likeness (QED) is 0.886. The number of carbonyl (C=O) groups is 2. The van der Waals surface area contributed by atoms with Crippen LogP contribution >= 0.6 is 0 Å². The van der Waals surface area contributed by atoms with E-state index in [1.54, 1.807) is 26.0 Å². The molecule has 2 rings (SSSR count). The maximum Gasteiger partial charge on any atom is 0.337 e. The predicted octanol–water partition coefficient (Wildman–Crippen LogP) is 1.73. The molecule has 22 heavy (non-hydrogen) atoms. The Morgan fingerprint density at radius 3 is 2.36 bits per heavy atom. The smallest absolute Gasteiger partial charge is 0.337 e. The maximum absolute atomic E-state index is 11.8. The zero-order valence-corrected chi connectivity index (χ0v) is 13.3. The lowest BCUT2D eigenvalue weighted by Crippen LogP contribution is -2.44. The number of carbonyl (C=O) groups excluding carboxylic acids is 1. The number of hydrogen-bond donors (Lipinski definition) is 2. The van der Waals surface area contributed by atoms with Gasteiger partial charge in [0.25, 0.3) is 0 Å². The van der Waals surface area contributed by atoms with Gasteiger partial charge in [0.05, 0.1) is 11.3 Å². The third kappa shape index (κ3) is 3.76. The van der Waals surface area contributed by atoms with Crippen LogP contribution in [0.4, 0.5) is 11.4 Å². The van der Waals surface area contributed by atoms with Gasteiger partial charge in [0.1, 0.15) is 0 Å². The van der Waals surface area contributed by atoms with Crippen LogP contribution in [0.3, 0.4) is 0 Å². The fourth-order valence-corrected chi connectivity index (χ4v) is 2.36. The molecule has 0 bridgehead atoms. The number of nitrogens with one attached hydrogen (secondary N) is 1. The van der Waals surface area contributed by atoms with Crippen LogP contribution in [-0.2, 0) is 4.79 Å². The molecule has 0 unspecified atom stereocenters. The van der Waals surface area contributed by atoms with Crippen molar-refractivity contribution in [2.75, 3.05) is 43.4 Å². The Balaban J connectivity index is 2.23. The first-order valence-electron chi connectivity index (χ1n) is 7.50. The molecule has 0 atom stereocenters. The summed E-state index contributed by atoms with van der Waals surface area (Å²) in [5.74, 6) is -1.41. The molecule has 0 saturated carbocycles. The number of hydrogen-bond acceptors (Lipinski definition) is 4. The number of benzene rings is 1. The summed E-state index contributed by atoms with van der Waals surface area (Å²) in [6.07, 6.45) is 0. The lowest BCUT2D eigenvalue weighted by molar-refractivity contribution is -0.118. The molecule has 1 saturated heterocycles. The fourth-order valence-electron chi connectivity index (χ4n) is 2.36. The number of amides is 1. The minimum absolute atomic E-state index is 0.130. The molecule has 1 amide bonds. The molecule has 6 nitrogen and oxygen atoms in total. The Morgan fingerprint density at radius 2 is 1.82 bits per heavy atom. The Kier molecular flexibility index (Phi) is 5.03. The summed E-state index contributed by atoms with van der Waals surface area (Å²) < 4.78 is 0. The van der Waals surface area contributed by atoms with E-state index in [-0.39, 0.29) is 17.4 Å². The zero-order valence-electron chi connectivity index (χ0n) is 13.3. The third-order valence-electron chi connectivity index (χ3n) is 3.88. The molecule has 1 aromatic carbocycles. The molecule has 2 N–H and O–H groups in total. The van der Waals surface area contributed by atoms with Crippen LogP contribution in [0.15, 0.2) is 18.2 Å². The summed E-state index contributed by atoms with van der Waals surface area (Å²) >= 11 is 0. The highest BCUT2D eigenvalue weighted by molar-refractivity contribution is 6.01. The van der Waals surface area contributed by atoms with E-state index in [4.69, 9.17) is 0 Å². The van der Waals surface area contributed by atoms with E-state index in [9.17, 15) is 14.7 Å². The van der Waals surface area contributed by atoms with Crippen molar-refractivity contribution in [1.82, 2.24) is 4.90 Å². The van der Waals surface area contributed by atoms with Gasteiger partial charge >= 0.3 is 5.97 Å². The van der Waals surface area contributed by atoms with E-state index < -0.39 is 5.97 Å². The van der Waals surface area contributed by atoms with Crippen molar-refractivity contribution < 1.29 is 14.7 Å². The molecule has 0 aliphatic carbocycles. The van der Waals surface area contributed by atoms with Crippen molar-refractivity contribution in [3.63, 3.8) is 0 Å². The van der Waals surface area contributed by atoms with Crippen molar-refractivity contribution in [3.05, 3.63) is 23.8 Å². The van der Waals surface area contributed by atoms with Crippen LogP contribution in [0, 0.1) is 5.92 Å². The summed E-state index contributed by atoms with van der Waals surface area (Å²) in [6, 6.07) is 5.19. The van der Waals surface area contributed by atoms with Gasteiger partial charge in [-0.15, -0.1) is 0 Å². The summed E-state index contributed by atoms with van der Waals surface area (Å²) in [6.45, 7) is 7.19. The Labute approximate surface area is 130 Å². The standard InChI is InChI=1S/C16H23N3O3/c1-11(2)15(20)17-14-5-4-12(10-13(14)16(21)22)19-8-6-18(3)7-9-19/h4-5,10-11H,6-9H2,1-3H3,(H,17,20)(H,21,22). The molecule has 0 radical (unpaired) electrons. The lowest BCUT2D eigenvalue weighted by Gasteiger charge is -2.34. The van der Waals surface area contributed by atoms with Crippen molar-refractivity contribution >= 4 is 23.3 Å². The molecular weight excluding hydrogens is 282 g/mol. The first-order chi connectivity index (χ1) is 10.4. The molecule has 120 valence electrons. The van der Waals surface area contributed by atoms with Gasteiger partial charge in [-0.25, -0.2) is 4.79 Å². The van der Waals surface area contributed by atoms with E-state index in [0.29, 0.717) is 5.69 Å². The monoisotopic (exact) mass is 305 g/mol.